The van der Waals surface area contributed by atoms with E-state index in [2.05, 4.69) is 31.3 Å². The number of esters is 1. The molecular weight excluding hydrogens is 226 g/mol. The molecule has 0 aliphatic rings. The van der Waals surface area contributed by atoms with Crippen LogP contribution in [0.4, 0.5) is 0 Å². The average molecular weight is 249 g/mol. The number of carbonyl (C=O) groups excluding carboxylic acids is 1. The van der Waals surface area contributed by atoms with E-state index in [1.807, 2.05) is 26.0 Å². The lowest BCUT2D eigenvalue weighted by Crippen LogP contribution is -2.35. The molecule has 1 N–H and O–H groups in total. The molecule has 100 valence electrons. The first-order valence-corrected chi connectivity index (χ1v) is 6.54. The van der Waals surface area contributed by atoms with Crippen molar-refractivity contribution in [2.75, 3.05) is 6.61 Å². The summed E-state index contributed by atoms with van der Waals surface area (Å²) in [5.41, 5.74) is 2.56. The van der Waals surface area contributed by atoms with Crippen molar-refractivity contribution in [2.24, 2.45) is 0 Å². The van der Waals surface area contributed by atoms with Gasteiger partial charge in [0.2, 0.25) is 0 Å². The lowest BCUT2D eigenvalue weighted by molar-refractivity contribution is -0.145. The fourth-order valence-electron chi connectivity index (χ4n) is 1.87. The van der Waals surface area contributed by atoms with E-state index >= 15 is 0 Å². The second-order valence-corrected chi connectivity index (χ2v) is 4.71. The van der Waals surface area contributed by atoms with Gasteiger partial charge in [0.05, 0.1) is 6.61 Å². The first kappa shape index (κ1) is 14.7. The van der Waals surface area contributed by atoms with E-state index in [9.17, 15) is 4.79 Å². The summed E-state index contributed by atoms with van der Waals surface area (Å²) < 4.78 is 4.97. The van der Waals surface area contributed by atoms with Crippen LogP contribution in [0.3, 0.4) is 0 Å². The Kier molecular flexibility index (Phi) is 5.86. The van der Waals surface area contributed by atoms with Gasteiger partial charge in [-0.2, -0.15) is 0 Å². The first-order chi connectivity index (χ1) is 8.56. The molecule has 18 heavy (non-hydrogen) atoms. The molecule has 0 amide bonds. The Morgan fingerprint density at radius 3 is 2.56 bits per heavy atom. The normalized spacial score (nSPS) is 12.5. The van der Waals surface area contributed by atoms with Crippen LogP contribution in [0.1, 0.15) is 44.7 Å². The molecule has 0 aliphatic heterocycles. The van der Waals surface area contributed by atoms with Crippen LogP contribution in [0.2, 0.25) is 0 Å². The molecule has 1 rings (SSSR count). The van der Waals surface area contributed by atoms with Crippen LogP contribution in [-0.4, -0.2) is 18.6 Å². The Bertz CT molecular complexity index is 388. The van der Waals surface area contributed by atoms with Gasteiger partial charge >= 0.3 is 5.97 Å². The lowest BCUT2D eigenvalue weighted by Gasteiger charge is -2.16. The molecular formula is C15H23NO2. The predicted octanol–water partition coefficient (Wildman–Crippen LogP) is 2.85. The van der Waals surface area contributed by atoms with E-state index in [4.69, 9.17) is 4.74 Å². The molecule has 0 bridgehead atoms. The van der Waals surface area contributed by atoms with Gasteiger partial charge in [-0.25, -0.2) is 0 Å². The third kappa shape index (κ3) is 4.15. The minimum atomic E-state index is -0.273. The largest absolute Gasteiger partial charge is 0.465 e. The van der Waals surface area contributed by atoms with Gasteiger partial charge in [-0.3, -0.25) is 4.79 Å². The van der Waals surface area contributed by atoms with E-state index in [0.29, 0.717) is 19.1 Å². The molecule has 0 saturated carbocycles. The third-order valence-electron chi connectivity index (χ3n) is 2.92. The van der Waals surface area contributed by atoms with Crippen molar-refractivity contribution in [2.45, 2.75) is 46.2 Å². The lowest BCUT2D eigenvalue weighted by atomic mass is 9.97. The van der Waals surface area contributed by atoms with Crippen LogP contribution in [0, 0.1) is 0 Å². The highest BCUT2D eigenvalue weighted by Gasteiger charge is 2.14. The number of benzene rings is 1. The van der Waals surface area contributed by atoms with Crippen molar-refractivity contribution < 1.29 is 9.53 Å². The fourth-order valence-corrected chi connectivity index (χ4v) is 1.87. The summed E-state index contributed by atoms with van der Waals surface area (Å²) in [6.07, 6.45) is 0. The minimum Gasteiger partial charge on any atom is -0.465 e. The topological polar surface area (TPSA) is 38.3 Å². The summed E-state index contributed by atoms with van der Waals surface area (Å²) in [6, 6.07) is 8.03. The highest BCUT2D eigenvalue weighted by Crippen LogP contribution is 2.18. The predicted molar refractivity (Wildman–Crippen MR) is 73.5 cm³/mol. The molecule has 0 aliphatic carbocycles. The number of ether oxygens (including phenoxy) is 1. The van der Waals surface area contributed by atoms with E-state index in [0.717, 1.165) is 0 Å². The molecule has 0 aromatic heterocycles. The minimum absolute atomic E-state index is 0.195. The quantitative estimate of drug-likeness (QED) is 0.788. The van der Waals surface area contributed by atoms with Gasteiger partial charge in [0.15, 0.2) is 0 Å². The smallest absolute Gasteiger partial charge is 0.322 e. The number of carbonyl (C=O) groups is 1. The maximum Gasteiger partial charge on any atom is 0.322 e. The van der Waals surface area contributed by atoms with Gasteiger partial charge in [-0.05, 0) is 30.9 Å². The molecule has 3 heteroatoms. The Hall–Kier alpha value is -1.35. The fraction of sp³-hybridized carbons (Fsp3) is 0.533. The summed E-state index contributed by atoms with van der Waals surface area (Å²) in [6.45, 7) is 9.11. The maximum atomic E-state index is 11.5. The van der Waals surface area contributed by atoms with Gasteiger partial charge in [0.25, 0.3) is 0 Å². The number of hydrogen-bond acceptors (Lipinski definition) is 3. The number of rotatable bonds is 6. The maximum absolute atomic E-state index is 11.5. The Labute approximate surface area is 110 Å². The summed E-state index contributed by atoms with van der Waals surface area (Å²) in [4.78, 5) is 11.5. The highest BCUT2D eigenvalue weighted by atomic mass is 16.5. The van der Waals surface area contributed by atoms with Gasteiger partial charge < -0.3 is 10.1 Å². The van der Waals surface area contributed by atoms with Crippen molar-refractivity contribution >= 4 is 5.97 Å². The summed E-state index contributed by atoms with van der Waals surface area (Å²) in [5, 5.41) is 3.20. The molecule has 0 heterocycles. The summed E-state index contributed by atoms with van der Waals surface area (Å²) >= 11 is 0. The van der Waals surface area contributed by atoms with Crippen LogP contribution in [0.25, 0.3) is 0 Å². The molecule has 1 unspecified atom stereocenters. The van der Waals surface area contributed by atoms with Crippen molar-refractivity contribution in [3.63, 3.8) is 0 Å². The standard InChI is InChI=1S/C15H23NO2/c1-5-18-15(17)12(4)16-10-13-8-6-7-9-14(13)11(2)3/h6-9,11-12,16H,5,10H2,1-4H3. The molecule has 1 atom stereocenters. The monoisotopic (exact) mass is 249 g/mol. The Balaban J connectivity index is 2.61. The number of nitrogens with one attached hydrogen (secondary N) is 1. The molecule has 0 fully saturated rings. The Morgan fingerprint density at radius 2 is 1.94 bits per heavy atom. The Morgan fingerprint density at radius 1 is 1.28 bits per heavy atom. The summed E-state index contributed by atoms with van der Waals surface area (Å²) in [5.74, 6) is 0.292. The van der Waals surface area contributed by atoms with E-state index in [-0.39, 0.29) is 12.0 Å². The molecule has 1 aromatic rings. The van der Waals surface area contributed by atoms with E-state index < -0.39 is 0 Å². The zero-order valence-electron chi connectivity index (χ0n) is 11.7. The zero-order valence-corrected chi connectivity index (χ0v) is 11.7. The van der Waals surface area contributed by atoms with Crippen LogP contribution >= 0.6 is 0 Å². The van der Waals surface area contributed by atoms with Gasteiger partial charge in [-0.15, -0.1) is 0 Å². The van der Waals surface area contributed by atoms with Gasteiger partial charge in [-0.1, -0.05) is 38.1 Å². The second kappa shape index (κ2) is 7.17. The van der Waals surface area contributed by atoms with E-state index in [1.165, 1.54) is 11.1 Å². The number of hydrogen-bond donors (Lipinski definition) is 1. The van der Waals surface area contributed by atoms with Crippen LogP contribution < -0.4 is 5.32 Å². The molecule has 0 saturated heterocycles. The average Bonchev–Trinajstić information content (AvgIpc) is 2.36. The zero-order chi connectivity index (χ0) is 13.5. The van der Waals surface area contributed by atoms with Gasteiger partial charge in [0, 0.05) is 6.54 Å². The van der Waals surface area contributed by atoms with Crippen LogP contribution in [0.15, 0.2) is 24.3 Å². The first-order valence-electron chi connectivity index (χ1n) is 6.54. The van der Waals surface area contributed by atoms with Crippen LogP contribution in [-0.2, 0) is 16.1 Å². The molecule has 0 radical (unpaired) electrons. The van der Waals surface area contributed by atoms with Crippen molar-refractivity contribution in [1.82, 2.24) is 5.32 Å². The van der Waals surface area contributed by atoms with Crippen molar-refractivity contribution in [3.8, 4) is 0 Å². The molecule has 3 nitrogen and oxygen atoms in total. The van der Waals surface area contributed by atoms with Crippen molar-refractivity contribution in [1.29, 1.82) is 0 Å². The van der Waals surface area contributed by atoms with Crippen molar-refractivity contribution in [3.05, 3.63) is 35.4 Å². The summed E-state index contributed by atoms with van der Waals surface area (Å²) in [7, 11) is 0. The molecule has 0 spiro atoms. The third-order valence-corrected chi connectivity index (χ3v) is 2.92. The van der Waals surface area contributed by atoms with Gasteiger partial charge in [0.1, 0.15) is 6.04 Å². The second-order valence-electron chi connectivity index (χ2n) is 4.71. The van der Waals surface area contributed by atoms with E-state index in [1.54, 1.807) is 0 Å². The SMILES string of the molecule is CCOC(=O)C(C)NCc1ccccc1C(C)C. The van der Waals surface area contributed by atoms with Crippen LogP contribution in [0.5, 0.6) is 0 Å². The highest BCUT2D eigenvalue weighted by molar-refractivity contribution is 5.75. The molecule has 1 aromatic carbocycles.